The van der Waals surface area contributed by atoms with E-state index in [0.717, 1.165) is 46.0 Å². The minimum absolute atomic E-state index is 0. The summed E-state index contributed by atoms with van der Waals surface area (Å²) in [5, 5.41) is 42.4. The Balaban J connectivity index is 0.000000245. The predicted octanol–water partition coefficient (Wildman–Crippen LogP) is 15.6. The summed E-state index contributed by atoms with van der Waals surface area (Å²) in [6.45, 7) is 34.3. The van der Waals surface area contributed by atoms with Crippen LogP contribution in [0.3, 0.4) is 0 Å². The normalized spacial score (nSPS) is 12.3. The number of halogens is 4. The van der Waals surface area contributed by atoms with Gasteiger partial charge in [-0.05, 0) is 243 Å². The number of nitrogen functional groups attached to an aromatic ring is 1. The summed E-state index contributed by atoms with van der Waals surface area (Å²) in [5.41, 5.74) is 24.8. The zero-order valence-corrected chi connectivity index (χ0v) is 89.7. The number of esters is 4. The number of rotatable bonds is 25. The first-order chi connectivity index (χ1) is 70.3. The second-order valence-corrected chi connectivity index (χ2v) is 35.9. The van der Waals surface area contributed by atoms with E-state index in [-0.39, 0.29) is 129 Å². The molecule has 42 heteroatoms. The molecule has 7 aromatic carbocycles. The van der Waals surface area contributed by atoms with Crippen molar-refractivity contribution >= 4 is 117 Å². The van der Waals surface area contributed by atoms with E-state index in [4.69, 9.17) is 66.0 Å². The number of aromatic carboxylic acids is 1. The Labute approximate surface area is 893 Å². The van der Waals surface area contributed by atoms with Crippen molar-refractivity contribution in [2.24, 2.45) is 5.73 Å². The van der Waals surface area contributed by atoms with Gasteiger partial charge in [-0.2, -0.15) is 13.2 Å². The maximum Gasteiger partial charge on any atom is 1.00 e. The van der Waals surface area contributed by atoms with Crippen molar-refractivity contribution in [1.82, 2.24) is 63.7 Å². The van der Waals surface area contributed by atoms with Gasteiger partial charge in [0, 0.05) is 71.7 Å². The number of hydrogen-bond donors (Lipinski definition) is 7. The standard InChI is InChI=1S/C26H26N4O3.C25H25N5O3.C19H30BNO4.C16H15N3O2.C10H13NO2.C9H8ClN3O2.C2HF3O.CH4O.Na.H2O/c1-4-33-23(31)16-19-9-5-6-12-21(19)27-26(32)24-22-13-8-14-30(22)29-25(28-24)20-11-7-10-18(15-20)17(2)3;1-3-33-22(31)15-18-8-4-5-11-20(18)27-25(32)23-21-12-7-13-30(21)29-24(28-23)19-10-6-9-17(14-19)16(2)26;1-13(21-16(22)23-17(2,3)4)14-10-9-11-15(12-14)20-24-18(5,6)19(7,8)25-20;1-10(2)11-5-3-6-12(9-11)15-17-14(16(20)21)13-7-4-8-19(13)18-15;1-2-13-10(12)7-8-5-3-4-6-9(8)11;1-2-15-8(14)7-6-4-3-5-13(6)12-9(10)11-7;3-2(4,5)1-6;1-2;;/h5-15,17H,4,16H2,1-3H3,(H,27,32);4-14,16H,3,15,26H2,1-2H3,(H,27,32);9-13H,1-8H3,(H,21,22);3-10H,1-2H3,(H,20,21);3-6H,2,7,11H2,1H3;3-5H,2H2,1H3;1H;2H,1H3;;1H2/q;;;;;;;;+1;/p-1/t;16-;13-;;;;;;;/m.00......./s1. The van der Waals surface area contributed by atoms with Gasteiger partial charge in [0.15, 0.2) is 40.2 Å². The average Bonchev–Trinajstić information content (AvgIpc) is 1.62. The number of nitrogens with zero attached hydrogens (tertiary/aromatic N) is 12. The second kappa shape index (κ2) is 57.0. The molecule has 1 fully saturated rings. The van der Waals surface area contributed by atoms with Crippen molar-refractivity contribution in [1.29, 1.82) is 0 Å². The number of para-hydroxylation sites is 3. The van der Waals surface area contributed by atoms with Gasteiger partial charge in [0.25, 0.3) is 11.8 Å². The summed E-state index contributed by atoms with van der Waals surface area (Å²) in [7, 11) is 0.582. The molecule has 16 rings (SSSR count). The number of amides is 3. The number of ether oxygens (including phenoxy) is 5. The zero-order chi connectivity index (χ0) is 108. The number of carboxylic acids is 1. The Morgan fingerprint density at radius 1 is 0.473 bits per heavy atom. The molecule has 1 aliphatic rings. The van der Waals surface area contributed by atoms with E-state index >= 15 is 0 Å². The van der Waals surface area contributed by atoms with Crippen LogP contribution in [0.15, 0.2) is 243 Å². The Morgan fingerprint density at radius 3 is 1.21 bits per heavy atom. The van der Waals surface area contributed by atoms with E-state index in [9.17, 15) is 56.6 Å². The van der Waals surface area contributed by atoms with Crippen LogP contribution >= 0.6 is 11.6 Å². The quantitative estimate of drug-likeness (QED) is 0.00918. The van der Waals surface area contributed by atoms with Gasteiger partial charge in [-0.25, -0.2) is 52.4 Å². The van der Waals surface area contributed by atoms with Crippen LogP contribution in [-0.2, 0) is 71.4 Å². The molecule has 786 valence electrons. The topological polar surface area (TPSA) is 498 Å². The number of nitrogens with two attached hydrogens (primary N) is 2. The molecule has 3 amide bonds. The number of fused-ring (bicyclic) bond motifs is 4. The van der Waals surface area contributed by atoms with E-state index < -0.39 is 49.1 Å². The Morgan fingerprint density at radius 2 is 0.827 bits per heavy atom. The molecule has 36 nitrogen and oxygen atoms in total. The van der Waals surface area contributed by atoms with E-state index in [1.165, 1.54) is 15.6 Å². The van der Waals surface area contributed by atoms with Crippen LogP contribution in [-0.4, -0.2) is 192 Å². The largest absolute Gasteiger partial charge is 1.00 e. The Bertz CT molecular complexity index is 6890. The van der Waals surface area contributed by atoms with Crippen molar-refractivity contribution in [3.63, 3.8) is 0 Å². The fraction of sp³-hybridized carbons (Fsp3) is 0.306. The number of aldehydes is 1. The third kappa shape index (κ3) is 35.1. The fourth-order valence-corrected chi connectivity index (χ4v) is 14.4. The number of benzene rings is 7. The number of anilines is 3. The minimum Gasteiger partial charge on any atom is -0.870 e. The van der Waals surface area contributed by atoms with Crippen LogP contribution in [0.5, 0.6) is 0 Å². The molecule has 1 aliphatic heterocycles. The fourth-order valence-electron chi connectivity index (χ4n) is 14.2. The molecular formula is C108H123BClF3N17NaO19. The number of alkyl carbamates (subject to hydrolysis) is 1. The molecule has 0 radical (unpaired) electrons. The first kappa shape index (κ1) is 122. The second-order valence-electron chi connectivity index (χ2n) is 35.6. The van der Waals surface area contributed by atoms with Gasteiger partial charge >= 0.3 is 78.8 Å². The summed E-state index contributed by atoms with van der Waals surface area (Å²) in [5.74, 6) is -1.22. The van der Waals surface area contributed by atoms with Crippen molar-refractivity contribution < 1.29 is 135 Å². The molecule has 0 unspecified atom stereocenters. The average molecular weight is 2090 g/mol. The van der Waals surface area contributed by atoms with Gasteiger partial charge in [0.1, 0.15) is 5.60 Å². The van der Waals surface area contributed by atoms with Crippen LogP contribution in [0.2, 0.25) is 5.28 Å². The van der Waals surface area contributed by atoms with Crippen LogP contribution in [0, 0.1) is 0 Å². The molecule has 2 atom stereocenters. The van der Waals surface area contributed by atoms with E-state index in [1.807, 2.05) is 190 Å². The third-order valence-electron chi connectivity index (χ3n) is 22.2. The number of aliphatic hydroxyl groups excluding tert-OH is 1. The third-order valence-corrected chi connectivity index (χ3v) is 22.4. The van der Waals surface area contributed by atoms with E-state index in [2.05, 4.69) is 90.0 Å². The first-order valence-corrected chi connectivity index (χ1v) is 47.7. The van der Waals surface area contributed by atoms with E-state index in [0.29, 0.717) is 106 Å². The number of nitrogens with one attached hydrogen (secondary N) is 3. The Kier molecular flexibility index (Phi) is 46.3. The molecule has 8 aromatic heterocycles. The summed E-state index contributed by atoms with van der Waals surface area (Å²) in [6, 6.07) is 66.8. The maximum atomic E-state index is 13.3. The monoisotopic (exact) mass is 2090 g/mol. The van der Waals surface area contributed by atoms with Crippen LogP contribution < -0.4 is 62.4 Å². The first-order valence-electron chi connectivity index (χ1n) is 47.4. The number of carbonyl (C=O) groups is 9. The van der Waals surface area contributed by atoms with Crippen molar-refractivity contribution in [3.8, 4) is 34.2 Å². The summed E-state index contributed by atoms with van der Waals surface area (Å²) < 4.78 is 74.8. The zero-order valence-electron chi connectivity index (χ0n) is 86.9. The molecular weight excluding hydrogens is 1970 g/mol. The van der Waals surface area contributed by atoms with Gasteiger partial charge in [-0.1, -0.05) is 161 Å². The van der Waals surface area contributed by atoms with Gasteiger partial charge < -0.3 is 76.1 Å². The van der Waals surface area contributed by atoms with Gasteiger partial charge in [-0.3, -0.25) is 28.8 Å². The summed E-state index contributed by atoms with van der Waals surface area (Å²) in [4.78, 5) is 122. The number of aliphatic hydroxyl groups is 1. The van der Waals surface area contributed by atoms with Crippen LogP contribution in [0.1, 0.15) is 223 Å². The van der Waals surface area contributed by atoms with Gasteiger partial charge in [0.05, 0.1) is 85.0 Å². The number of alkyl halides is 3. The summed E-state index contributed by atoms with van der Waals surface area (Å²) >= 11 is 5.67. The van der Waals surface area contributed by atoms with Crippen molar-refractivity contribution in [2.75, 3.05) is 49.9 Å². The number of carboxylic acid groups (broad SMARTS) is 1. The smallest absolute Gasteiger partial charge is 0.870 e. The van der Waals surface area contributed by atoms with Crippen molar-refractivity contribution in [3.05, 3.63) is 310 Å². The SMILES string of the molecule is CC(C)c1cccc(-c2nc(C(=O)O)c3cccn3n2)c1.CCOC(=O)Cc1ccccc1N.CCOC(=O)Cc1ccccc1NC(=O)c1nc(-c2cccc(C(C)C)c2)nn2cccc12.CCOC(=O)Cc1ccccc1NC(=O)c1nc(-c2cccc([C@H](C)N)c2)nn2cccc12.CCOC(=O)c1nc(Cl)nn2cccc12.CO.C[C@H](NC(=O)OC(C)(C)C)c1cccc(B2OC(C)(C)C(C)(C)O2)c1.O=CC(F)(F)F.[Na+].[OH-]. The molecule has 15 aromatic rings. The minimum atomic E-state index is -4.64. The number of hydrogen-bond acceptors (Lipinski definition) is 28. The molecule has 9 heterocycles. The summed E-state index contributed by atoms with van der Waals surface area (Å²) in [6.07, 6.45) is 1.21. The molecule has 0 bridgehead atoms. The number of aromatic nitrogens is 12. The Hall–Kier alpha value is -15.0. The molecule has 0 aliphatic carbocycles. The molecule has 0 spiro atoms. The van der Waals surface area contributed by atoms with Crippen LogP contribution in [0.4, 0.5) is 35.0 Å². The molecule has 150 heavy (non-hydrogen) atoms. The van der Waals surface area contributed by atoms with E-state index in [1.54, 1.807) is 151 Å². The molecule has 0 saturated carbocycles. The van der Waals surface area contributed by atoms with Gasteiger partial charge in [0.2, 0.25) is 11.6 Å². The molecule has 1 saturated heterocycles. The predicted molar refractivity (Wildman–Crippen MR) is 560 cm³/mol. The van der Waals surface area contributed by atoms with Gasteiger partial charge in [-0.15, -0.1) is 20.4 Å². The van der Waals surface area contributed by atoms with Crippen molar-refractivity contribution in [2.45, 2.75) is 184 Å². The van der Waals surface area contributed by atoms with Crippen LogP contribution in [0.25, 0.3) is 56.2 Å². The maximum absolute atomic E-state index is 13.3. The molecule has 10 N–H and O–H groups in total. The number of carbonyl (C=O) groups excluding carboxylic acids is 8.